The van der Waals surface area contributed by atoms with Crippen LogP contribution < -0.4 is 4.90 Å². The Morgan fingerprint density at radius 3 is 2.74 bits per heavy atom. The quantitative estimate of drug-likeness (QED) is 0.714. The Hall–Kier alpha value is -2.15. The highest BCUT2D eigenvalue weighted by molar-refractivity contribution is 7.91. The second kappa shape index (κ2) is 5.81. The summed E-state index contributed by atoms with van der Waals surface area (Å²) in [6.45, 7) is 3.52. The van der Waals surface area contributed by atoms with E-state index < -0.39 is 9.84 Å². The highest BCUT2D eigenvalue weighted by atomic mass is 32.2. The van der Waals surface area contributed by atoms with Gasteiger partial charge in [-0.25, -0.2) is 18.4 Å². The molecule has 0 unspecified atom stereocenters. The number of hydrogen-bond donors (Lipinski definition) is 0. The lowest BCUT2D eigenvalue weighted by Gasteiger charge is -2.25. The van der Waals surface area contributed by atoms with Crippen LogP contribution >= 0.6 is 0 Å². The molecular formula is C16H19N3O3S. The number of benzene rings is 1. The minimum atomic E-state index is -3.07. The molecule has 0 spiro atoms. The Balaban J connectivity index is 2.05. The number of sulfone groups is 1. The summed E-state index contributed by atoms with van der Waals surface area (Å²) in [5, 5.41) is 0.924. The maximum Gasteiger partial charge on any atom is 0.196 e. The predicted molar refractivity (Wildman–Crippen MR) is 91.5 cm³/mol. The van der Waals surface area contributed by atoms with Gasteiger partial charge >= 0.3 is 0 Å². The molecule has 0 saturated heterocycles. The third-order valence-electron chi connectivity index (χ3n) is 4.07. The average molecular weight is 333 g/mol. The number of anilines is 1. The number of rotatable bonds is 5. The fraction of sp³-hybridized carbons (Fsp3) is 0.375. The van der Waals surface area contributed by atoms with Gasteiger partial charge in [0.1, 0.15) is 17.4 Å². The standard InChI is InChI=1S/C16H19N3O3S/c1-4-23(20,21)9-11(2)19(3)16-15-14(17-10-18-16)12-7-5-6-8-13(12)22-15/h5-8,10-11H,4,9H2,1-3H3/t11-/m1/s1. The Labute approximate surface area is 135 Å². The van der Waals surface area contributed by atoms with Crippen LogP contribution in [0.5, 0.6) is 0 Å². The summed E-state index contributed by atoms with van der Waals surface area (Å²) < 4.78 is 29.6. The summed E-state index contributed by atoms with van der Waals surface area (Å²) in [6.07, 6.45) is 1.48. The van der Waals surface area contributed by atoms with E-state index in [0.717, 1.165) is 16.5 Å². The van der Waals surface area contributed by atoms with E-state index in [9.17, 15) is 8.42 Å². The minimum Gasteiger partial charge on any atom is -0.450 e. The van der Waals surface area contributed by atoms with Crippen LogP contribution in [0.15, 0.2) is 35.0 Å². The van der Waals surface area contributed by atoms with E-state index >= 15 is 0 Å². The average Bonchev–Trinajstić information content (AvgIpc) is 2.92. The number of hydrogen-bond acceptors (Lipinski definition) is 6. The van der Waals surface area contributed by atoms with Gasteiger partial charge in [-0.15, -0.1) is 0 Å². The molecule has 23 heavy (non-hydrogen) atoms. The third kappa shape index (κ3) is 2.88. The molecule has 0 bridgehead atoms. The molecule has 0 radical (unpaired) electrons. The zero-order chi connectivity index (χ0) is 16.6. The lowest BCUT2D eigenvalue weighted by Crippen LogP contribution is -2.36. The molecule has 6 nitrogen and oxygen atoms in total. The van der Waals surface area contributed by atoms with E-state index in [1.807, 2.05) is 43.1 Å². The van der Waals surface area contributed by atoms with Gasteiger partial charge in [-0.05, 0) is 19.1 Å². The molecule has 0 amide bonds. The molecule has 0 N–H and O–H groups in total. The van der Waals surface area contributed by atoms with E-state index in [1.54, 1.807) is 6.92 Å². The lowest BCUT2D eigenvalue weighted by atomic mass is 10.2. The van der Waals surface area contributed by atoms with Gasteiger partial charge in [-0.1, -0.05) is 19.1 Å². The number of aromatic nitrogens is 2. The number of para-hydroxylation sites is 1. The van der Waals surface area contributed by atoms with Crippen LogP contribution in [0.3, 0.4) is 0 Å². The Kier molecular flexibility index (Phi) is 3.97. The highest BCUT2D eigenvalue weighted by Gasteiger charge is 2.22. The number of fused-ring (bicyclic) bond motifs is 3. The second-order valence-corrected chi connectivity index (χ2v) is 8.03. The summed E-state index contributed by atoms with van der Waals surface area (Å²) in [5.41, 5.74) is 2.06. The fourth-order valence-corrected chi connectivity index (χ4v) is 3.76. The molecule has 122 valence electrons. The molecule has 3 rings (SSSR count). The van der Waals surface area contributed by atoms with E-state index in [1.165, 1.54) is 6.33 Å². The van der Waals surface area contributed by atoms with Crippen LogP contribution in [0.4, 0.5) is 5.82 Å². The zero-order valence-electron chi connectivity index (χ0n) is 13.4. The molecule has 0 aliphatic carbocycles. The number of nitrogens with zero attached hydrogens (tertiary/aromatic N) is 3. The first-order valence-electron chi connectivity index (χ1n) is 7.48. The largest absolute Gasteiger partial charge is 0.450 e. The van der Waals surface area contributed by atoms with Crippen molar-refractivity contribution in [2.24, 2.45) is 0 Å². The molecule has 0 aliphatic heterocycles. The molecule has 7 heteroatoms. The van der Waals surface area contributed by atoms with Crippen LogP contribution in [0.1, 0.15) is 13.8 Å². The molecule has 0 aliphatic rings. The molecule has 2 aromatic heterocycles. The maximum atomic E-state index is 11.9. The van der Waals surface area contributed by atoms with Crippen LogP contribution in [0.2, 0.25) is 0 Å². The molecule has 0 fully saturated rings. The summed E-state index contributed by atoms with van der Waals surface area (Å²) in [4.78, 5) is 10.5. The van der Waals surface area contributed by atoms with Crippen LogP contribution in [-0.2, 0) is 9.84 Å². The first-order valence-corrected chi connectivity index (χ1v) is 9.30. The van der Waals surface area contributed by atoms with Crippen molar-refractivity contribution in [2.75, 3.05) is 23.5 Å². The van der Waals surface area contributed by atoms with Gasteiger partial charge in [-0.2, -0.15) is 0 Å². The molecule has 1 atom stereocenters. The Bertz CT molecular complexity index is 950. The monoisotopic (exact) mass is 333 g/mol. The van der Waals surface area contributed by atoms with Crippen molar-refractivity contribution >= 4 is 37.7 Å². The zero-order valence-corrected chi connectivity index (χ0v) is 14.2. The van der Waals surface area contributed by atoms with Gasteiger partial charge in [0, 0.05) is 24.2 Å². The summed E-state index contributed by atoms with van der Waals surface area (Å²) in [6, 6.07) is 7.44. The van der Waals surface area contributed by atoms with Crippen molar-refractivity contribution in [3.05, 3.63) is 30.6 Å². The van der Waals surface area contributed by atoms with Crippen LogP contribution in [0, 0.1) is 0 Å². The molecule has 0 saturated carbocycles. The molecule has 1 aromatic carbocycles. The first-order chi connectivity index (χ1) is 10.9. The Morgan fingerprint density at radius 2 is 2.00 bits per heavy atom. The van der Waals surface area contributed by atoms with Crippen molar-refractivity contribution in [1.29, 1.82) is 0 Å². The molecule has 3 aromatic rings. The fourth-order valence-electron chi connectivity index (χ4n) is 2.57. The summed E-state index contributed by atoms with van der Waals surface area (Å²) in [5.74, 6) is 0.811. The van der Waals surface area contributed by atoms with Gasteiger partial charge in [0.2, 0.25) is 0 Å². The predicted octanol–water partition coefficient (Wildman–Crippen LogP) is 2.64. The smallest absolute Gasteiger partial charge is 0.196 e. The third-order valence-corrected chi connectivity index (χ3v) is 5.94. The topological polar surface area (TPSA) is 76.3 Å². The van der Waals surface area contributed by atoms with Gasteiger partial charge in [0.25, 0.3) is 0 Å². The maximum absolute atomic E-state index is 11.9. The van der Waals surface area contributed by atoms with Crippen LogP contribution in [0.25, 0.3) is 22.1 Å². The highest BCUT2D eigenvalue weighted by Crippen LogP contribution is 2.32. The first kappa shape index (κ1) is 15.7. The molecule has 2 heterocycles. The van der Waals surface area contributed by atoms with Gasteiger partial charge in [0.05, 0.1) is 5.75 Å². The number of furan rings is 1. The van der Waals surface area contributed by atoms with Gasteiger partial charge in [-0.3, -0.25) is 0 Å². The van der Waals surface area contributed by atoms with Crippen LogP contribution in [-0.4, -0.2) is 43.0 Å². The van der Waals surface area contributed by atoms with E-state index in [4.69, 9.17) is 4.42 Å². The van der Waals surface area contributed by atoms with Crippen molar-refractivity contribution < 1.29 is 12.8 Å². The Morgan fingerprint density at radius 1 is 1.26 bits per heavy atom. The van der Waals surface area contributed by atoms with Gasteiger partial charge in [0.15, 0.2) is 21.2 Å². The summed E-state index contributed by atoms with van der Waals surface area (Å²) in [7, 11) is -1.24. The lowest BCUT2D eigenvalue weighted by molar-refractivity contribution is 0.587. The molecular weight excluding hydrogens is 314 g/mol. The van der Waals surface area contributed by atoms with Crippen molar-refractivity contribution in [3.63, 3.8) is 0 Å². The van der Waals surface area contributed by atoms with Crippen molar-refractivity contribution in [3.8, 4) is 0 Å². The SMILES string of the molecule is CCS(=O)(=O)C[C@@H](C)N(C)c1ncnc2c1oc1ccccc12. The minimum absolute atomic E-state index is 0.0751. The van der Waals surface area contributed by atoms with E-state index in [-0.39, 0.29) is 17.5 Å². The van der Waals surface area contributed by atoms with Crippen molar-refractivity contribution in [1.82, 2.24) is 9.97 Å². The normalized spacial score (nSPS) is 13.5. The van der Waals surface area contributed by atoms with E-state index in [0.29, 0.717) is 11.4 Å². The second-order valence-electron chi connectivity index (χ2n) is 5.63. The summed E-state index contributed by atoms with van der Waals surface area (Å²) >= 11 is 0. The van der Waals surface area contributed by atoms with E-state index in [2.05, 4.69) is 9.97 Å². The van der Waals surface area contributed by atoms with Crippen molar-refractivity contribution in [2.45, 2.75) is 19.9 Å². The van der Waals surface area contributed by atoms with Gasteiger partial charge < -0.3 is 9.32 Å².